The van der Waals surface area contributed by atoms with Gasteiger partial charge in [-0.3, -0.25) is 0 Å². The van der Waals surface area contributed by atoms with Crippen LogP contribution in [0.5, 0.6) is 5.75 Å². The molecule has 2 N–H and O–H groups in total. The van der Waals surface area contributed by atoms with Gasteiger partial charge in [0.25, 0.3) is 0 Å². The van der Waals surface area contributed by atoms with Crippen molar-refractivity contribution in [2.24, 2.45) is 0 Å². The van der Waals surface area contributed by atoms with Crippen LogP contribution in [0.1, 0.15) is 11.7 Å². The molecule has 0 bridgehead atoms. The molecule has 0 amide bonds. The van der Waals surface area contributed by atoms with E-state index in [9.17, 15) is 9.50 Å². The molecule has 0 aliphatic rings. The van der Waals surface area contributed by atoms with Crippen LogP contribution >= 0.6 is 0 Å². The Morgan fingerprint density at radius 1 is 1.47 bits per heavy atom. The summed E-state index contributed by atoms with van der Waals surface area (Å²) in [6.07, 6.45) is -2.98. The topological polar surface area (TPSA) is 73.5 Å². The third-order valence-corrected chi connectivity index (χ3v) is 1.95. The summed E-state index contributed by atoms with van der Waals surface area (Å²) in [5, 5.41) is 27.0. The zero-order valence-electron chi connectivity index (χ0n) is 8.01. The number of hydrogen-bond donors (Lipinski definition) is 2. The van der Waals surface area contributed by atoms with Crippen LogP contribution in [0.4, 0.5) is 4.39 Å². The Labute approximate surface area is 86.2 Å². The van der Waals surface area contributed by atoms with Gasteiger partial charge in [0.15, 0.2) is 6.10 Å². The van der Waals surface area contributed by atoms with Crippen molar-refractivity contribution in [1.82, 2.24) is 0 Å². The van der Waals surface area contributed by atoms with Crippen molar-refractivity contribution in [3.63, 3.8) is 0 Å². The Morgan fingerprint density at radius 2 is 2.13 bits per heavy atom. The summed E-state index contributed by atoms with van der Waals surface area (Å²) in [5.41, 5.74) is 0.174. The predicted octanol–water partition coefficient (Wildman–Crippen LogP) is 0.752. The summed E-state index contributed by atoms with van der Waals surface area (Å²) >= 11 is 0. The number of methoxy groups -OCH3 is 1. The van der Waals surface area contributed by atoms with Crippen LogP contribution in [-0.2, 0) is 0 Å². The zero-order chi connectivity index (χ0) is 11.4. The highest BCUT2D eigenvalue weighted by atomic mass is 19.1. The van der Waals surface area contributed by atoms with Gasteiger partial charge in [0.2, 0.25) is 0 Å². The quantitative estimate of drug-likeness (QED) is 0.723. The number of benzene rings is 1. The third-order valence-electron chi connectivity index (χ3n) is 1.95. The Kier molecular flexibility index (Phi) is 3.61. The summed E-state index contributed by atoms with van der Waals surface area (Å²) in [5.74, 6) is -0.425. The van der Waals surface area contributed by atoms with Gasteiger partial charge in [-0.2, -0.15) is 5.26 Å². The van der Waals surface area contributed by atoms with Gasteiger partial charge in [-0.05, 0) is 12.1 Å². The maximum atomic E-state index is 12.8. The number of aliphatic hydroxyl groups excluding tert-OH is 2. The maximum Gasteiger partial charge on any atom is 0.170 e. The van der Waals surface area contributed by atoms with Gasteiger partial charge >= 0.3 is 0 Å². The van der Waals surface area contributed by atoms with Gasteiger partial charge in [0.1, 0.15) is 17.7 Å². The second-order valence-corrected chi connectivity index (χ2v) is 2.91. The molecule has 0 aliphatic carbocycles. The lowest BCUT2D eigenvalue weighted by molar-refractivity contribution is 0.0510. The molecule has 15 heavy (non-hydrogen) atoms. The van der Waals surface area contributed by atoms with Crippen molar-refractivity contribution in [3.05, 3.63) is 29.6 Å². The average Bonchev–Trinajstić information content (AvgIpc) is 2.26. The minimum Gasteiger partial charge on any atom is -0.496 e. The van der Waals surface area contributed by atoms with E-state index in [1.165, 1.54) is 19.2 Å². The summed E-state index contributed by atoms with van der Waals surface area (Å²) in [7, 11) is 1.31. The second kappa shape index (κ2) is 4.73. The molecule has 0 radical (unpaired) electrons. The fourth-order valence-corrected chi connectivity index (χ4v) is 1.17. The van der Waals surface area contributed by atoms with E-state index in [2.05, 4.69) is 0 Å². The molecular formula is C10H10FNO3. The molecule has 0 spiro atoms. The summed E-state index contributed by atoms with van der Waals surface area (Å²) in [6, 6.07) is 4.94. The van der Waals surface area contributed by atoms with Crippen molar-refractivity contribution in [1.29, 1.82) is 5.26 Å². The van der Waals surface area contributed by atoms with E-state index in [0.717, 1.165) is 12.1 Å². The van der Waals surface area contributed by atoms with Crippen molar-refractivity contribution < 1.29 is 19.3 Å². The van der Waals surface area contributed by atoms with Gasteiger partial charge < -0.3 is 14.9 Å². The number of nitriles is 1. The van der Waals surface area contributed by atoms with E-state index in [4.69, 9.17) is 15.1 Å². The molecule has 80 valence electrons. The first-order valence-electron chi connectivity index (χ1n) is 4.19. The van der Waals surface area contributed by atoms with E-state index < -0.39 is 18.0 Å². The van der Waals surface area contributed by atoms with Crippen LogP contribution in [-0.4, -0.2) is 23.4 Å². The smallest absolute Gasteiger partial charge is 0.170 e. The minimum absolute atomic E-state index is 0.0943. The highest BCUT2D eigenvalue weighted by molar-refractivity contribution is 5.36. The van der Waals surface area contributed by atoms with E-state index in [1.807, 2.05) is 0 Å². The molecule has 0 aromatic heterocycles. The fraction of sp³-hybridized carbons (Fsp3) is 0.300. The molecule has 1 aromatic rings. The Balaban J connectivity index is 3.09. The average molecular weight is 211 g/mol. The maximum absolute atomic E-state index is 12.8. The molecule has 2 unspecified atom stereocenters. The van der Waals surface area contributed by atoms with Crippen molar-refractivity contribution in [2.75, 3.05) is 7.11 Å². The molecule has 0 heterocycles. The fourth-order valence-electron chi connectivity index (χ4n) is 1.17. The summed E-state index contributed by atoms with van der Waals surface area (Å²) in [4.78, 5) is 0. The van der Waals surface area contributed by atoms with E-state index >= 15 is 0 Å². The van der Waals surface area contributed by atoms with Crippen LogP contribution in [0.15, 0.2) is 18.2 Å². The number of hydrogen-bond acceptors (Lipinski definition) is 4. The highest BCUT2D eigenvalue weighted by Crippen LogP contribution is 2.27. The number of nitrogens with zero attached hydrogens (tertiary/aromatic N) is 1. The van der Waals surface area contributed by atoms with Crippen LogP contribution in [0.3, 0.4) is 0 Å². The first-order valence-corrected chi connectivity index (χ1v) is 4.19. The van der Waals surface area contributed by atoms with E-state index in [1.54, 1.807) is 0 Å². The third kappa shape index (κ3) is 2.43. The van der Waals surface area contributed by atoms with Crippen LogP contribution in [0.25, 0.3) is 0 Å². The zero-order valence-corrected chi connectivity index (χ0v) is 8.01. The normalized spacial score (nSPS) is 14.1. The second-order valence-electron chi connectivity index (χ2n) is 2.91. The molecule has 0 saturated carbocycles. The Morgan fingerprint density at radius 3 is 2.67 bits per heavy atom. The molecule has 4 nitrogen and oxygen atoms in total. The van der Waals surface area contributed by atoms with Gasteiger partial charge in [-0.1, -0.05) is 0 Å². The van der Waals surface area contributed by atoms with Gasteiger partial charge in [-0.15, -0.1) is 0 Å². The molecule has 1 rings (SSSR count). The Bertz CT molecular complexity index is 389. The van der Waals surface area contributed by atoms with Gasteiger partial charge in [0, 0.05) is 11.6 Å². The molecule has 5 heteroatoms. The van der Waals surface area contributed by atoms with Crippen molar-refractivity contribution in [3.8, 4) is 11.8 Å². The Hall–Kier alpha value is -1.64. The monoisotopic (exact) mass is 211 g/mol. The van der Waals surface area contributed by atoms with Crippen molar-refractivity contribution >= 4 is 0 Å². The lowest BCUT2D eigenvalue weighted by Gasteiger charge is -2.15. The number of ether oxygens (including phenoxy) is 1. The van der Waals surface area contributed by atoms with Crippen LogP contribution < -0.4 is 4.74 Å². The number of rotatable bonds is 3. The molecular weight excluding hydrogens is 201 g/mol. The number of aliphatic hydroxyl groups is 2. The lowest BCUT2D eigenvalue weighted by atomic mass is 10.0. The van der Waals surface area contributed by atoms with Gasteiger partial charge in [0.05, 0.1) is 13.2 Å². The first kappa shape index (κ1) is 11.4. The molecule has 0 saturated heterocycles. The van der Waals surface area contributed by atoms with Crippen LogP contribution in [0, 0.1) is 17.1 Å². The van der Waals surface area contributed by atoms with Crippen LogP contribution in [0.2, 0.25) is 0 Å². The molecule has 0 aliphatic heterocycles. The predicted molar refractivity (Wildman–Crippen MR) is 49.5 cm³/mol. The SMILES string of the molecule is COc1cc(F)ccc1C(O)C(O)C#N. The molecule has 0 fully saturated rings. The molecule has 1 aromatic carbocycles. The van der Waals surface area contributed by atoms with E-state index in [-0.39, 0.29) is 11.3 Å². The van der Waals surface area contributed by atoms with E-state index in [0.29, 0.717) is 0 Å². The lowest BCUT2D eigenvalue weighted by Crippen LogP contribution is -2.16. The number of halogens is 1. The standard InChI is InChI=1S/C10H10FNO3/c1-15-9-4-6(11)2-3-7(9)10(14)8(13)5-12/h2-4,8,10,13-14H,1H3. The van der Waals surface area contributed by atoms with Crippen molar-refractivity contribution in [2.45, 2.75) is 12.2 Å². The van der Waals surface area contributed by atoms with Gasteiger partial charge in [-0.25, -0.2) is 4.39 Å². The summed E-state index contributed by atoms with van der Waals surface area (Å²) < 4.78 is 17.6. The first-order chi connectivity index (χ1) is 7.10. The summed E-state index contributed by atoms with van der Waals surface area (Å²) in [6.45, 7) is 0. The largest absolute Gasteiger partial charge is 0.496 e. The molecule has 2 atom stereocenters. The minimum atomic E-state index is -1.57. The highest BCUT2D eigenvalue weighted by Gasteiger charge is 2.21.